The highest BCUT2D eigenvalue weighted by molar-refractivity contribution is 7.90. The summed E-state index contributed by atoms with van der Waals surface area (Å²) in [6, 6.07) is 17.6. The Labute approximate surface area is 207 Å². The van der Waals surface area contributed by atoms with E-state index in [1.54, 1.807) is 10.8 Å². The van der Waals surface area contributed by atoms with Gasteiger partial charge in [-0.1, -0.05) is 67.4 Å². The van der Waals surface area contributed by atoms with Gasteiger partial charge >= 0.3 is 0 Å². The number of hydrogen-bond donors (Lipinski definition) is 0. The van der Waals surface area contributed by atoms with Crippen molar-refractivity contribution in [1.29, 1.82) is 0 Å². The summed E-state index contributed by atoms with van der Waals surface area (Å²) < 4.78 is 29.0. The van der Waals surface area contributed by atoms with Gasteiger partial charge < -0.3 is 9.47 Å². The van der Waals surface area contributed by atoms with Crippen LogP contribution in [0, 0.1) is 12.8 Å². The van der Waals surface area contributed by atoms with E-state index in [0.717, 1.165) is 60.9 Å². The van der Waals surface area contributed by atoms with Crippen LogP contribution in [0.5, 0.6) is 0 Å². The Kier molecular flexibility index (Phi) is 6.78. The fourth-order valence-electron chi connectivity index (χ4n) is 5.10. The van der Waals surface area contributed by atoms with Crippen LogP contribution in [0.25, 0.3) is 0 Å². The minimum absolute atomic E-state index is 0.0728. The molecule has 3 aromatic rings. The standard InChI is InChI=1S/C28H33N3O3S/c1-21-9-5-6-14-24(21)20-35(33,34)28-29-17-26(31(28)18-22-10-3-2-4-11-22)19-30(25-15-16-25)27(32)23-12-7-8-13-23/h2-6,9-11,14,17,23,25H,7-8,12-13,15-16,18-20H2,1H3. The molecule has 2 aliphatic rings. The summed E-state index contributed by atoms with van der Waals surface area (Å²) in [5.41, 5.74) is 3.49. The zero-order valence-corrected chi connectivity index (χ0v) is 21.1. The third-order valence-electron chi connectivity index (χ3n) is 7.28. The van der Waals surface area contributed by atoms with Gasteiger partial charge in [-0.2, -0.15) is 0 Å². The lowest BCUT2D eigenvalue weighted by Gasteiger charge is -2.26. The van der Waals surface area contributed by atoms with Gasteiger partial charge in [-0.15, -0.1) is 0 Å². The highest BCUT2D eigenvalue weighted by Gasteiger charge is 2.37. The molecule has 7 heteroatoms. The molecule has 1 heterocycles. The first-order valence-electron chi connectivity index (χ1n) is 12.6. The highest BCUT2D eigenvalue weighted by Crippen LogP contribution is 2.34. The Bertz CT molecular complexity index is 1290. The Morgan fingerprint density at radius 1 is 1.00 bits per heavy atom. The minimum atomic E-state index is -3.69. The molecule has 2 aromatic carbocycles. The van der Waals surface area contributed by atoms with Gasteiger partial charge in [0.15, 0.2) is 0 Å². The van der Waals surface area contributed by atoms with Gasteiger partial charge in [-0.3, -0.25) is 4.79 Å². The zero-order valence-electron chi connectivity index (χ0n) is 20.3. The Balaban J connectivity index is 1.49. The molecule has 2 fully saturated rings. The van der Waals surface area contributed by atoms with E-state index < -0.39 is 9.84 Å². The van der Waals surface area contributed by atoms with Crippen molar-refractivity contribution in [3.63, 3.8) is 0 Å². The molecule has 2 aliphatic carbocycles. The highest BCUT2D eigenvalue weighted by atomic mass is 32.2. The van der Waals surface area contributed by atoms with Gasteiger partial charge in [-0.25, -0.2) is 13.4 Å². The molecule has 0 N–H and O–H groups in total. The van der Waals surface area contributed by atoms with Gasteiger partial charge in [0.1, 0.15) is 0 Å². The van der Waals surface area contributed by atoms with Crippen molar-refractivity contribution in [2.45, 2.75) is 75.5 Å². The van der Waals surface area contributed by atoms with Crippen molar-refractivity contribution < 1.29 is 13.2 Å². The average Bonchev–Trinajstić information content (AvgIpc) is 3.37. The molecule has 2 saturated carbocycles. The molecule has 0 spiro atoms. The normalized spacial score (nSPS) is 16.5. The average molecular weight is 492 g/mol. The number of sulfone groups is 1. The second-order valence-corrected chi connectivity index (χ2v) is 11.9. The van der Waals surface area contributed by atoms with E-state index in [4.69, 9.17) is 0 Å². The molecule has 5 rings (SSSR count). The van der Waals surface area contributed by atoms with Gasteiger partial charge in [0.25, 0.3) is 0 Å². The molecule has 0 aliphatic heterocycles. The molecule has 184 valence electrons. The number of aryl methyl sites for hydroxylation is 1. The number of carbonyl (C=O) groups excluding carboxylic acids is 1. The molecule has 0 radical (unpaired) electrons. The number of amides is 1. The molecule has 35 heavy (non-hydrogen) atoms. The second-order valence-electron chi connectivity index (χ2n) is 9.97. The van der Waals surface area contributed by atoms with Crippen molar-refractivity contribution in [3.8, 4) is 0 Å². The molecular formula is C28H33N3O3S. The molecular weight excluding hydrogens is 458 g/mol. The fourth-order valence-corrected chi connectivity index (χ4v) is 6.69. The molecule has 0 saturated heterocycles. The van der Waals surface area contributed by atoms with E-state index in [9.17, 15) is 13.2 Å². The van der Waals surface area contributed by atoms with Crippen LogP contribution < -0.4 is 0 Å². The third-order valence-corrected chi connectivity index (χ3v) is 8.85. The van der Waals surface area contributed by atoms with Gasteiger partial charge in [0, 0.05) is 12.0 Å². The number of nitrogens with zero attached hydrogens (tertiary/aromatic N) is 3. The summed E-state index contributed by atoms with van der Waals surface area (Å²) in [7, 11) is -3.69. The smallest absolute Gasteiger partial charge is 0.228 e. The number of carbonyl (C=O) groups is 1. The molecule has 1 aromatic heterocycles. The Morgan fingerprint density at radius 2 is 1.69 bits per heavy atom. The van der Waals surface area contributed by atoms with Crippen LogP contribution in [0.2, 0.25) is 0 Å². The van der Waals surface area contributed by atoms with E-state index in [-0.39, 0.29) is 28.8 Å². The third kappa shape index (κ3) is 5.35. The number of hydrogen-bond acceptors (Lipinski definition) is 4. The largest absolute Gasteiger partial charge is 0.334 e. The van der Waals surface area contributed by atoms with E-state index in [2.05, 4.69) is 4.98 Å². The van der Waals surface area contributed by atoms with Crippen molar-refractivity contribution in [2.75, 3.05) is 0 Å². The number of aromatic nitrogens is 2. The van der Waals surface area contributed by atoms with E-state index in [1.807, 2.05) is 66.4 Å². The van der Waals surface area contributed by atoms with E-state index in [1.165, 1.54) is 0 Å². The van der Waals surface area contributed by atoms with Gasteiger partial charge in [0.2, 0.25) is 20.9 Å². The first kappa shape index (κ1) is 23.8. The first-order chi connectivity index (χ1) is 16.9. The minimum Gasteiger partial charge on any atom is -0.334 e. The lowest BCUT2D eigenvalue weighted by atomic mass is 10.1. The summed E-state index contributed by atoms with van der Waals surface area (Å²) in [4.78, 5) is 19.8. The summed E-state index contributed by atoms with van der Waals surface area (Å²) in [5, 5.41) is 0.0728. The first-order valence-corrected chi connectivity index (χ1v) is 14.2. The van der Waals surface area contributed by atoms with Crippen LogP contribution >= 0.6 is 0 Å². The van der Waals surface area contributed by atoms with Gasteiger partial charge in [-0.05, 0) is 49.3 Å². The molecule has 0 bridgehead atoms. The van der Waals surface area contributed by atoms with Crippen LogP contribution in [-0.4, -0.2) is 34.8 Å². The van der Waals surface area contributed by atoms with Crippen molar-refractivity contribution in [2.24, 2.45) is 5.92 Å². The second kappa shape index (κ2) is 9.97. The van der Waals surface area contributed by atoms with E-state index in [0.29, 0.717) is 13.1 Å². The summed E-state index contributed by atoms with van der Waals surface area (Å²) in [5.74, 6) is 0.227. The molecule has 1 amide bonds. The predicted molar refractivity (Wildman–Crippen MR) is 135 cm³/mol. The quantitative estimate of drug-likeness (QED) is 0.427. The molecule has 0 atom stereocenters. The maximum Gasteiger partial charge on any atom is 0.228 e. The summed E-state index contributed by atoms with van der Waals surface area (Å²) >= 11 is 0. The maximum atomic E-state index is 13.6. The number of benzene rings is 2. The van der Waals surface area contributed by atoms with Crippen LogP contribution in [0.1, 0.15) is 60.9 Å². The summed E-state index contributed by atoms with van der Waals surface area (Å²) in [6.07, 6.45) is 7.84. The lowest BCUT2D eigenvalue weighted by Crippen LogP contribution is -2.37. The zero-order chi connectivity index (χ0) is 24.4. The topological polar surface area (TPSA) is 72.3 Å². The van der Waals surface area contributed by atoms with E-state index >= 15 is 0 Å². The van der Waals surface area contributed by atoms with Gasteiger partial charge in [0.05, 0.1) is 30.7 Å². The van der Waals surface area contributed by atoms with Crippen LogP contribution in [0.4, 0.5) is 0 Å². The number of imidazole rings is 1. The fraction of sp³-hybridized carbons (Fsp3) is 0.429. The van der Waals surface area contributed by atoms with Crippen molar-refractivity contribution in [3.05, 3.63) is 83.2 Å². The Hall–Kier alpha value is -2.93. The number of rotatable bonds is 9. The molecule has 0 unspecified atom stereocenters. The van der Waals surface area contributed by atoms with Crippen LogP contribution in [-0.2, 0) is 33.5 Å². The molecule has 6 nitrogen and oxygen atoms in total. The van der Waals surface area contributed by atoms with Crippen LogP contribution in [0.15, 0.2) is 66.0 Å². The lowest BCUT2D eigenvalue weighted by molar-refractivity contribution is -0.136. The van der Waals surface area contributed by atoms with Crippen molar-refractivity contribution >= 4 is 15.7 Å². The van der Waals surface area contributed by atoms with Crippen LogP contribution in [0.3, 0.4) is 0 Å². The monoisotopic (exact) mass is 491 g/mol. The summed E-state index contributed by atoms with van der Waals surface area (Å²) in [6.45, 7) is 2.73. The van der Waals surface area contributed by atoms with Crippen molar-refractivity contribution in [1.82, 2.24) is 14.5 Å². The predicted octanol–water partition coefficient (Wildman–Crippen LogP) is 4.89. The maximum absolute atomic E-state index is 13.6. The Morgan fingerprint density at radius 3 is 2.37 bits per heavy atom. The SMILES string of the molecule is Cc1ccccc1CS(=O)(=O)c1ncc(CN(C(=O)C2CCCC2)C2CC2)n1Cc1ccccc1.